The predicted molar refractivity (Wildman–Crippen MR) is 129 cm³/mol. The summed E-state index contributed by atoms with van der Waals surface area (Å²) in [5, 5.41) is 7.11. The monoisotopic (exact) mass is 452 g/mol. The van der Waals surface area contributed by atoms with Crippen LogP contribution in [0.4, 0.5) is 5.69 Å². The minimum Gasteiger partial charge on any atom is -0.497 e. The van der Waals surface area contributed by atoms with Crippen molar-refractivity contribution in [3.63, 3.8) is 0 Å². The van der Waals surface area contributed by atoms with Gasteiger partial charge >= 0.3 is 0 Å². The molecule has 1 aliphatic rings. The summed E-state index contributed by atoms with van der Waals surface area (Å²) in [6.45, 7) is 6.81. The van der Waals surface area contributed by atoms with E-state index in [9.17, 15) is 14.4 Å². The molecular formula is C25H32N2O4Si. The van der Waals surface area contributed by atoms with Gasteiger partial charge in [-0.2, -0.15) is 0 Å². The SMILES string of the molecule is COc1ccc(C(NC(=O)C2CCCC(=O)C2)C(=O)Nc2ccc([Si](C)(C)C)cc2)cc1. The molecule has 3 rings (SSSR count). The quantitative estimate of drug-likeness (QED) is 0.626. The fraction of sp³-hybridized carbons (Fsp3) is 0.400. The molecule has 0 heterocycles. The zero-order valence-corrected chi connectivity index (χ0v) is 20.2. The Hall–Kier alpha value is -2.93. The molecule has 32 heavy (non-hydrogen) atoms. The second kappa shape index (κ2) is 10.1. The van der Waals surface area contributed by atoms with E-state index in [0.29, 0.717) is 36.3 Å². The van der Waals surface area contributed by atoms with Gasteiger partial charge in [0.25, 0.3) is 5.91 Å². The van der Waals surface area contributed by atoms with Crippen LogP contribution >= 0.6 is 0 Å². The van der Waals surface area contributed by atoms with E-state index in [1.807, 2.05) is 12.1 Å². The highest BCUT2D eigenvalue weighted by Crippen LogP contribution is 2.24. The van der Waals surface area contributed by atoms with Gasteiger partial charge in [0.1, 0.15) is 17.6 Å². The van der Waals surface area contributed by atoms with Gasteiger partial charge in [-0.05, 0) is 42.7 Å². The number of carbonyl (C=O) groups excluding carboxylic acids is 3. The Morgan fingerprint density at radius 1 is 1.03 bits per heavy atom. The van der Waals surface area contributed by atoms with Gasteiger partial charge in [0, 0.05) is 24.4 Å². The number of ether oxygens (including phenoxy) is 1. The number of methoxy groups -OCH3 is 1. The Balaban J connectivity index is 1.79. The van der Waals surface area contributed by atoms with Crippen molar-refractivity contribution in [2.45, 2.75) is 51.4 Å². The third kappa shape index (κ3) is 6.07. The van der Waals surface area contributed by atoms with Gasteiger partial charge in [0.15, 0.2) is 0 Å². The third-order valence-corrected chi connectivity index (χ3v) is 7.93. The summed E-state index contributed by atoms with van der Waals surface area (Å²) in [6.07, 6.45) is 2.13. The van der Waals surface area contributed by atoms with Crippen LogP contribution in [0.2, 0.25) is 19.6 Å². The van der Waals surface area contributed by atoms with Gasteiger partial charge in [-0.25, -0.2) is 0 Å². The fourth-order valence-electron chi connectivity index (χ4n) is 3.87. The highest BCUT2D eigenvalue weighted by atomic mass is 28.3. The van der Waals surface area contributed by atoms with E-state index in [0.717, 1.165) is 0 Å². The van der Waals surface area contributed by atoms with Crippen LogP contribution in [0.3, 0.4) is 0 Å². The average Bonchev–Trinajstić information content (AvgIpc) is 2.77. The normalized spacial score (nSPS) is 17.4. The molecule has 1 aliphatic carbocycles. The van der Waals surface area contributed by atoms with Crippen molar-refractivity contribution in [3.8, 4) is 5.75 Å². The molecule has 2 unspecified atom stereocenters. The first-order chi connectivity index (χ1) is 15.2. The molecular weight excluding hydrogens is 420 g/mol. The summed E-state index contributed by atoms with van der Waals surface area (Å²) >= 11 is 0. The summed E-state index contributed by atoms with van der Waals surface area (Å²) in [6, 6.07) is 14.1. The highest BCUT2D eigenvalue weighted by Gasteiger charge is 2.30. The van der Waals surface area contributed by atoms with Crippen molar-refractivity contribution in [2.75, 3.05) is 12.4 Å². The number of nitrogens with one attached hydrogen (secondary N) is 2. The lowest BCUT2D eigenvalue weighted by molar-refractivity contribution is -0.133. The van der Waals surface area contributed by atoms with Crippen molar-refractivity contribution in [2.24, 2.45) is 5.92 Å². The molecule has 2 aromatic rings. The summed E-state index contributed by atoms with van der Waals surface area (Å²) in [5.41, 5.74) is 1.33. The van der Waals surface area contributed by atoms with E-state index in [1.54, 1.807) is 31.4 Å². The lowest BCUT2D eigenvalue weighted by Crippen LogP contribution is -2.41. The number of amides is 2. The van der Waals surface area contributed by atoms with Crippen LogP contribution in [0.5, 0.6) is 5.75 Å². The highest BCUT2D eigenvalue weighted by molar-refractivity contribution is 6.88. The Bertz CT molecular complexity index is 965. The van der Waals surface area contributed by atoms with Crippen LogP contribution < -0.4 is 20.6 Å². The number of anilines is 1. The van der Waals surface area contributed by atoms with Crippen molar-refractivity contribution < 1.29 is 19.1 Å². The van der Waals surface area contributed by atoms with Crippen LogP contribution in [-0.2, 0) is 14.4 Å². The molecule has 2 amide bonds. The molecule has 1 fully saturated rings. The smallest absolute Gasteiger partial charge is 0.251 e. The summed E-state index contributed by atoms with van der Waals surface area (Å²) in [4.78, 5) is 37.9. The zero-order chi connectivity index (χ0) is 23.3. The second-order valence-corrected chi connectivity index (χ2v) is 14.4. The van der Waals surface area contributed by atoms with E-state index < -0.39 is 14.1 Å². The topological polar surface area (TPSA) is 84.5 Å². The van der Waals surface area contributed by atoms with Gasteiger partial charge in [0.2, 0.25) is 5.91 Å². The Labute approximate surface area is 190 Å². The van der Waals surface area contributed by atoms with E-state index >= 15 is 0 Å². The number of benzene rings is 2. The molecule has 0 aliphatic heterocycles. The van der Waals surface area contributed by atoms with E-state index in [2.05, 4.69) is 42.4 Å². The minimum absolute atomic E-state index is 0.101. The molecule has 170 valence electrons. The minimum atomic E-state index is -1.44. The van der Waals surface area contributed by atoms with Gasteiger partial charge < -0.3 is 15.4 Å². The number of hydrogen-bond donors (Lipinski definition) is 2. The number of Topliss-reactive ketones (excluding diaryl/α,β-unsaturated/α-hetero) is 1. The molecule has 2 atom stereocenters. The van der Waals surface area contributed by atoms with E-state index in [4.69, 9.17) is 4.74 Å². The molecule has 2 N–H and O–H groups in total. The van der Waals surface area contributed by atoms with Crippen LogP contribution in [0.25, 0.3) is 0 Å². The molecule has 0 aromatic heterocycles. The largest absolute Gasteiger partial charge is 0.497 e. The second-order valence-electron chi connectivity index (χ2n) is 9.36. The van der Waals surface area contributed by atoms with Gasteiger partial charge in [-0.15, -0.1) is 0 Å². The maximum absolute atomic E-state index is 13.2. The third-order valence-electron chi connectivity index (χ3n) is 5.87. The Morgan fingerprint density at radius 2 is 1.69 bits per heavy atom. The summed E-state index contributed by atoms with van der Waals surface area (Å²) < 4.78 is 5.21. The first-order valence-corrected chi connectivity index (χ1v) is 14.5. The lowest BCUT2D eigenvalue weighted by Gasteiger charge is -2.24. The number of hydrogen-bond acceptors (Lipinski definition) is 4. The molecule has 0 radical (unpaired) electrons. The average molecular weight is 453 g/mol. The van der Waals surface area contributed by atoms with Crippen molar-refractivity contribution in [1.82, 2.24) is 5.32 Å². The van der Waals surface area contributed by atoms with Crippen molar-refractivity contribution >= 4 is 36.5 Å². The zero-order valence-electron chi connectivity index (χ0n) is 19.2. The Morgan fingerprint density at radius 3 is 2.25 bits per heavy atom. The predicted octanol–water partition coefficient (Wildman–Crippen LogP) is 3.80. The summed E-state index contributed by atoms with van der Waals surface area (Å²) in [5.74, 6) is -0.210. The van der Waals surface area contributed by atoms with Gasteiger partial charge in [-0.1, -0.05) is 49.1 Å². The lowest BCUT2D eigenvalue weighted by atomic mass is 9.87. The Kier molecular flexibility index (Phi) is 7.51. The molecule has 7 heteroatoms. The number of rotatable bonds is 7. The maximum Gasteiger partial charge on any atom is 0.251 e. The first kappa shape index (κ1) is 23.7. The van der Waals surface area contributed by atoms with Gasteiger partial charge in [0.05, 0.1) is 15.2 Å². The first-order valence-electron chi connectivity index (χ1n) is 11.0. The maximum atomic E-state index is 13.2. The number of carbonyl (C=O) groups is 3. The van der Waals surface area contributed by atoms with Crippen LogP contribution in [0.15, 0.2) is 48.5 Å². The van der Waals surface area contributed by atoms with E-state index in [1.165, 1.54) is 5.19 Å². The van der Waals surface area contributed by atoms with Crippen LogP contribution in [0.1, 0.15) is 37.3 Å². The van der Waals surface area contributed by atoms with Crippen LogP contribution in [-0.4, -0.2) is 32.8 Å². The van der Waals surface area contributed by atoms with E-state index in [-0.39, 0.29) is 29.9 Å². The van der Waals surface area contributed by atoms with Crippen LogP contribution in [0, 0.1) is 5.92 Å². The fourth-order valence-corrected chi connectivity index (χ4v) is 5.04. The molecule has 0 saturated heterocycles. The number of ketones is 1. The molecule has 0 bridgehead atoms. The molecule has 1 saturated carbocycles. The summed E-state index contributed by atoms with van der Waals surface area (Å²) in [7, 11) is 0.139. The standard InChI is InChI=1S/C25H32N2O4Si/c1-31-21-12-8-17(9-13-21)23(27-24(29)18-6-5-7-20(28)16-18)25(30)26-19-10-14-22(15-11-19)32(2,3)4/h8-15,18,23H,5-7,16H2,1-4H3,(H,26,30)(H,27,29). The van der Waals surface area contributed by atoms with Crippen molar-refractivity contribution in [3.05, 3.63) is 54.1 Å². The molecule has 2 aromatic carbocycles. The molecule has 6 nitrogen and oxygen atoms in total. The van der Waals surface area contributed by atoms with Gasteiger partial charge in [-0.3, -0.25) is 14.4 Å². The van der Waals surface area contributed by atoms with Crippen molar-refractivity contribution in [1.29, 1.82) is 0 Å². The molecule has 0 spiro atoms.